The highest BCUT2D eigenvalue weighted by Crippen LogP contribution is 2.33. The number of allylic oxidation sites excluding steroid dienone is 1. The van der Waals surface area contributed by atoms with Crippen LogP contribution in [0.4, 0.5) is 5.69 Å². The molecule has 0 bridgehead atoms. The van der Waals surface area contributed by atoms with Crippen molar-refractivity contribution in [3.8, 4) is 11.5 Å². The van der Waals surface area contributed by atoms with E-state index in [0.717, 1.165) is 33.2 Å². The predicted molar refractivity (Wildman–Crippen MR) is 187 cm³/mol. The molecule has 1 atom stereocenters. The second-order valence-electron chi connectivity index (χ2n) is 11.4. The van der Waals surface area contributed by atoms with Crippen molar-refractivity contribution >= 4 is 39.8 Å². The molecule has 5 aromatic rings. The number of aromatic nitrogens is 1. The van der Waals surface area contributed by atoms with Crippen LogP contribution in [0.3, 0.4) is 0 Å². The topological polar surface area (TPSA) is 82.4 Å². The summed E-state index contributed by atoms with van der Waals surface area (Å²) in [6, 6.07) is 27.2. The van der Waals surface area contributed by atoms with Crippen LogP contribution in [-0.4, -0.2) is 37.8 Å². The molecule has 0 unspecified atom stereocenters. The van der Waals surface area contributed by atoms with Crippen molar-refractivity contribution in [1.29, 1.82) is 0 Å². The van der Waals surface area contributed by atoms with Crippen molar-refractivity contribution in [1.82, 2.24) is 4.57 Å². The van der Waals surface area contributed by atoms with E-state index in [1.54, 1.807) is 18.4 Å². The largest absolute Gasteiger partial charge is 0.490 e. The molecule has 1 aliphatic heterocycles. The van der Waals surface area contributed by atoms with Crippen LogP contribution in [0.25, 0.3) is 16.8 Å². The van der Waals surface area contributed by atoms with Gasteiger partial charge in [-0.2, -0.15) is 0 Å². The fraction of sp³-hybridized carbons (Fsp3) is 0.237. The van der Waals surface area contributed by atoms with Crippen molar-refractivity contribution in [3.63, 3.8) is 0 Å². The van der Waals surface area contributed by atoms with E-state index in [2.05, 4.69) is 24.3 Å². The number of carbonyl (C=O) groups excluding carboxylic acids is 1. The van der Waals surface area contributed by atoms with Crippen LogP contribution >= 0.6 is 11.3 Å². The minimum Gasteiger partial charge on any atom is -0.490 e. The van der Waals surface area contributed by atoms with Gasteiger partial charge in [0.25, 0.3) is 5.56 Å². The zero-order valence-electron chi connectivity index (χ0n) is 27.2. The Bertz CT molecular complexity index is 2160. The monoisotopic (exact) mass is 647 g/mol. The van der Waals surface area contributed by atoms with Gasteiger partial charge in [0.1, 0.15) is 6.61 Å². The first-order valence-electron chi connectivity index (χ1n) is 15.6. The van der Waals surface area contributed by atoms with Crippen LogP contribution in [-0.2, 0) is 16.1 Å². The zero-order chi connectivity index (χ0) is 33.1. The van der Waals surface area contributed by atoms with E-state index in [9.17, 15) is 9.59 Å². The number of hydrogen-bond donors (Lipinski definition) is 0. The van der Waals surface area contributed by atoms with Gasteiger partial charge >= 0.3 is 5.97 Å². The Morgan fingerprint density at radius 3 is 2.45 bits per heavy atom. The molecule has 0 saturated carbocycles. The molecule has 0 aliphatic carbocycles. The Kier molecular flexibility index (Phi) is 9.26. The number of nitrogens with zero attached hydrogens (tertiary/aromatic N) is 3. The standard InChI is InChI=1S/C38H37N3O5S/c1-6-44-32-21-25(15-20-31(32)46-23-28-13-10-12-26-11-8-9-14-30(26)28)22-33-36(42)41-35(27-16-18-29(19-17-27)40(4)5)34(37(43)45-7-2)24(3)39-38(41)47-33/h8-22,35H,6-7,23H2,1-5H3/b33-22-/t35-/m0/s1. The van der Waals surface area contributed by atoms with Crippen LogP contribution in [0.15, 0.2) is 106 Å². The summed E-state index contributed by atoms with van der Waals surface area (Å²) >= 11 is 1.29. The Hall–Kier alpha value is -5.15. The Labute approximate surface area is 277 Å². The van der Waals surface area contributed by atoms with Crippen LogP contribution in [0, 0.1) is 0 Å². The van der Waals surface area contributed by atoms with E-state index in [0.29, 0.717) is 45.3 Å². The third kappa shape index (κ3) is 6.44. The van der Waals surface area contributed by atoms with Gasteiger partial charge < -0.3 is 19.1 Å². The highest BCUT2D eigenvalue weighted by atomic mass is 32.1. The van der Waals surface area contributed by atoms with E-state index in [4.69, 9.17) is 19.2 Å². The molecule has 1 aromatic heterocycles. The number of hydrogen-bond acceptors (Lipinski definition) is 8. The Morgan fingerprint density at radius 2 is 1.70 bits per heavy atom. The van der Waals surface area contributed by atoms with Crippen LogP contribution in [0.1, 0.15) is 43.5 Å². The Morgan fingerprint density at radius 1 is 0.936 bits per heavy atom. The first kappa shape index (κ1) is 31.8. The number of esters is 1. The van der Waals surface area contributed by atoms with Gasteiger partial charge in [0.2, 0.25) is 0 Å². The van der Waals surface area contributed by atoms with E-state index in [-0.39, 0.29) is 12.2 Å². The minimum atomic E-state index is -0.674. The summed E-state index contributed by atoms with van der Waals surface area (Å²) in [5, 5.41) is 2.31. The van der Waals surface area contributed by atoms with Gasteiger partial charge in [0, 0.05) is 19.8 Å². The molecule has 9 heteroatoms. The summed E-state index contributed by atoms with van der Waals surface area (Å²) in [7, 11) is 3.93. The molecular formula is C38H37N3O5S. The maximum absolute atomic E-state index is 14.1. The molecule has 47 heavy (non-hydrogen) atoms. The highest BCUT2D eigenvalue weighted by Gasteiger charge is 2.33. The highest BCUT2D eigenvalue weighted by molar-refractivity contribution is 7.07. The summed E-state index contributed by atoms with van der Waals surface area (Å²) < 4.78 is 19.8. The minimum absolute atomic E-state index is 0.218. The lowest BCUT2D eigenvalue weighted by atomic mass is 9.95. The van der Waals surface area contributed by atoms with Crippen molar-refractivity contribution < 1.29 is 19.0 Å². The maximum Gasteiger partial charge on any atom is 0.338 e. The smallest absolute Gasteiger partial charge is 0.338 e. The fourth-order valence-electron chi connectivity index (χ4n) is 5.79. The lowest BCUT2D eigenvalue weighted by Crippen LogP contribution is -2.39. The molecule has 0 radical (unpaired) electrons. The molecule has 2 heterocycles. The number of ether oxygens (including phenoxy) is 3. The molecule has 0 fully saturated rings. The summed E-state index contributed by atoms with van der Waals surface area (Å²) in [6.45, 7) is 6.54. The van der Waals surface area contributed by atoms with E-state index in [1.807, 2.05) is 92.7 Å². The molecule has 0 saturated heterocycles. The maximum atomic E-state index is 14.1. The lowest BCUT2D eigenvalue weighted by Gasteiger charge is -2.25. The Balaban J connectivity index is 1.38. The van der Waals surface area contributed by atoms with Gasteiger partial charge in [-0.3, -0.25) is 9.36 Å². The zero-order valence-corrected chi connectivity index (χ0v) is 28.0. The molecule has 0 spiro atoms. The quantitative estimate of drug-likeness (QED) is 0.173. The third-order valence-corrected chi connectivity index (χ3v) is 9.05. The molecule has 6 rings (SSSR count). The van der Waals surface area contributed by atoms with Gasteiger partial charge in [-0.05, 0) is 78.6 Å². The van der Waals surface area contributed by atoms with Crippen LogP contribution in [0.5, 0.6) is 11.5 Å². The van der Waals surface area contributed by atoms with Crippen molar-refractivity contribution in [2.24, 2.45) is 4.99 Å². The summed E-state index contributed by atoms with van der Waals surface area (Å²) in [6.07, 6.45) is 1.83. The molecule has 8 nitrogen and oxygen atoms in total. The van der Waals surface area contributed by atoms with E-state index in [1.165, 1.54) is 11.3 Å². The molecule has 4 aromatic carbocycles. The first-order valence-corrected chi connectivity index (χ1v) is 16.4. The fourth-order valence-corrected chi connectivity index (χ4v) is 6.84. The normalized spacial score (nSPS) is 14.5. The average Bonchev–Trinajstić information content (AvgIpc) is 3.37. The number of rotatable bonds is 10. The van der Waals surface area contributed by atoms with Crippen LogP contribution < -0.4 is 29.3 Å². The van der Waals surface area contributed by atoms with Gasteiger partial charge in [-0.25, -0.2) is 9.79 Å². The van der Waals surface area contributed by atoms with Crippen molar-refractivity contribution in [3.05, 3.63) is 133 Å². The van der Waals surface area contributed by atoms with Gasteiger partial charge in [-0.1, -0.05) is 72.0 Å². The van der Waals surface area contributed by atoms with E-state index >= 15 is 0 Å². The number of carbonyl (C=O) groups is 1. The van der Waals surface area contributed by atoms with Crippen molar-refractivity contribution in [2.45, 2.75) is 33.4 Å². The molecule has 0 amide bonds. The second-order valence-corrected chi connectivity index (χ2v) is 12.4. The number of thiazole rings is 1. The summed E-state index contributed by atoms with van der Waals surface area (Å²) in [5.41, 5.74) is 4.32. The SMILES string of the molecule is CCOC(=O)C1=C(C)N=c2s/c(=C\c3ccc(OCc4cccc5ccccc45)c(OCC)c3)c(=O)n2[C@H]1c1ccc(N(C)C)cc1. The number of anilines is 1. The molecule has 1 aliphatic rings. The first-order chi connectivity index (χ1) is 22.8. The van der Waals surface area contributed by atoms with Crippen molar-refractivity contribution in [2.75, 3.05) is 32.2 Å². The average molecular weight is 648 g/mol. The predicted octanol–water partition coefficient (Wildman–Crippen LogP) is 6.00. The summed E-state index contributed by atoms with van der Waals surface area (Å²) in [4.78, 5) is 34.5. The van der Waals surface area contributed by atoms with Crippen LogP contribution in [0.2, 0.25) is 0 Å². The lowest BCUT2D eigenvalue weighted by molar-refractivity contribution is -0.139. The molecule has 0 N–H and O–H groups in total. The number of benzene rings is 4. The van der Waals surface area contributed by atoms with Gasteiger partial charge in [0.15, 0.2) is 16.3 Å². The summed E-state index contributed by atoms with van der Waals surface area (Å²) in [5.74, 6) is 0.730. The molecule has 240 valence electrons. The van der Waals surface area contributed by atoms with Gasteiger partial charge in [0.05, 0.1) is 35.1 Å². The van der Waals surface area contributed by atoms with E-state index < -0.39 is 12.0 Å². The third-order valence-electron chi connectivity index (χ3n) is 8.07. The number of fused-ring (bicyclic) bond motifs is 2. The molecular weight excluding hydrogens is 611 g/mol. The van der Waals surface area contributed by atoms with Gasteiger partial charge in [-0.15, -0.1) is 0 Å². The second kappa shape index (κ2) is 13.7.